The lowest BCUT2D eigenvalue weighted by molar-refractivity contribution is 0.0139. The van der Waals surface area contributed by atoms with Gasteiger partial charge in [-0.2, -0.15) is 0 Å². The minimum Gasteiger partial charge on any atom is -0.459 e. The molecule has 0 spiro atoms. The Labute approximate surface area is 166 Å². The van der Waals surface area contributed by atoms with Gasteiger partial charge in [0, 0.05) is 28.7 Å². The molecule has 0 bridgehead atoms. The molecule has 0 aliphatic carbocycles. The molecule has 1 saturated heterocycles. The molecule has 27 heavy (non-hydrogen) atoms. The zero-order chi connectivity index (χ0) is 19.0. The number of halogens is 2. The minimum absolute atomic E-state index is 0.0386. The van der Waals surface area contributed by atoms with E-state index in [0.29, 0.717) is 38.2 Å². The first-order valence-corrected chi connectivity index (χ1v) is 9.50. The first-order chi connectivity index (χ1) is 13.0. The summed E-state index contributed by atoms with van der Waals surface area (Å²) in [5.74, 6) is 0.0606. The van der Waals surface area contributed by atoms with E-state index in [9.17, 15) is 4.79 Å². The molecule has 5 nitrogen and oxygen atoms in total. The number of likely N-dealkylation sites (tertiary alicyclic amines) is 1. The number of rotatable bonds is 3. The molecule has 3 aromatic rings. The van der Waals surface area contributed by atoms with Crippen LogP contribution in [0.2, 0.25) is 10.0 Å². The number of carbonyl (C=O) groups is 1. The lowest BCUT2D eigenvalue weighted by atomic mass is 10.1. The molecule has 1 fully saturated rings. The molecule has 0 unspecified atom stereocenters. The van der Waals surface area contributed by atoms with Crippen LogP contribution in [0.5, 0.6) is 0 Å². The van der Waals surface area contributed by atoms with Gasteiger partial charge in [0.25, 0.3) is 0 Å². The lowest BCUT2D eigenvalue weighted by Gasteiger charge is -2.28. The SMILES string of the molecule is CN1CCC(OC(=O)c2ccc3nc(-c4cc(Cl)cc(Cl)c4)oc3c2)CC1. The molecular weight excluding hydrogens is 387 g/mol. The third kappa shape index (κ3) is 4.10. The fraction of sp³-hybridized carbons (Fsp3) is 0.300. The van der Waals surface area contributed by atoms with Crippen LogP contribution in [0.4, 0.5) is 0 Å². The van der Waals surface area contributed by atoms with Crippen LogP contribution >= 0.6 is 23.2 Å². The number of piperidine rings is 1. The van der Waals surface area contributed by atoms with Crippen LogP contribution in [0, 0.1) is 0 Å². The van der Waals surface area contributed by atoms with Gasteiger partial charge in [0.15, 0.2) is 5.58 Å². The van der Waals surface area contributed by atoms with Gasteiger partial charge in [0.05, 0.1) is 5.56 Å². The smallest absolute Gasteiger partial charge is 0.338 e. The van der Waals surface area contributed by atoms with E-state index in [4.69, 9.17) is 32.4 Å². The third-order valence-corrected chi connectivity index (χ3v) is 5.11. The monoisotopic (exact) mass is 404 g/mol. The van der Waals surface area contributed by atoms with E-state index < -0.39 is 0 Å². The Balaban J connectivity index is 1.56. The van der Waals surface area contributed by atoms with Crippen LogP contribution in [0.3, 0.4) is 0 Å². The molecule has 2 heterocycles. The highest BCUT2D eigenvalue weighted by molar-refractivity contribution is 6.35. The molecule has 0 amide bonds. The van der Waals surface area contributed by atoms with Crippen LogP contribution in [0.25, 0.3) is 22.6 Å². The van der Waals surface area contributed by atoms with Gasteiger partial charge in [-0.15, -0.1) is 0 Å². The van der Waals surface area contributed by atoms with E-state index >= 15 is 0 Å². The largest absolute Gasteiger partial charge is 0.459 e. The topological polar surface area (TPSA) is 55.6 Å². The van der Waals surface area contributed by atoms with Crippen molar-refractivity contribution >= 4 is 40.3 Å². The van der Waals surface area contributed by atoms with Crippen LogP contribution in [0.1, 0.15) is 23.2 Å². The number of benzene rings is 2. The second kappa shape index (κ2) is 7.50. The number of ether oxygens (including phenoxy) is 1. The lowest BCUT2D eigenvalue weighted by Crippen LogP contribution is -2.35. The predicted molar refractivity (Wildman–Crippen MR) is 105 cm³/mol. The van der Waals surface area contributed by atoms with Crippen molar-refractivity contribution < 1.29 is 13.9 Å². The highest BCUT2D eigenvalue weighted by Crippen LogP contribution is 2.30. The van der Waals surface area contributed by atoms with E-state index in [1.165, 1.54) is 0 Å². The number of fused-ring (bicyclic) bond motifs is 1. The highest BCUT2D eigenvalue weighted by Gasteiger charge is 2.21. The van der Waals surface area contributed by atoms with Gasteiger partial charge < -0.3 is 14.1 Å². The Kier molecular flexibility index (Phi) is 5.08. The molecule has 4 rings (SSSR count). The third-order valence-electron chi connectivity index (χ3n) is 4.67. The van der Waals surface area contributed by atoms with Gasteiger partial charge in [-0.1, -0.05) is 23.2 Å². The molecular formula is C20H18Cl2N2O3. The van der Waals surface area contributed by atoms with Crippen LogP contribution in [0.15, 0.2) is 40.8 Å². The van der Waals surface area contributed by atoms with Crippen molar-refractivity contribution in [3.05, 3.63) is 52.0 Å². The van der Waals surface area contributed by atoms with Crippen molar-refractivity contribution in [2.24, 2.45) is 0 Å². The molecule has 0 radical (unpaired) electrons. The maximum atomic E-state index is 12.5. The summed E-state index contributed by atoms with van der Waals surface area (Å²) in [5.41, 5.74) is 2.29. The molecule has 0 N–H and O–H groups in total. The van der Waals surface area contributed by atoms with E-state index in [2.05, 4.69) is 16.9 Å². The van der Waals surface area contributed by atoms with E-state index in [0.717, 1.165) is 25.9 Å². The van der Waals surface area contributed by atoms with E-state index in [1.807, 2.05) is 0 Å². The van der Waals surface area contributed by atoms with Crippen LogP contribution < -0.4 is 0 Å². The molecule has 7 heteroatoms. The maximum absolute atomic E-state index is 12.5. The Hall–Kier alpha value is -2.08. The summed E-state index contributed by atoms with van der Waals surface area (Å²) in [6.45, 7) is 1.87. The van der Waals surface area contributed by atoms with Crippen molar-refractivity contribution in [2.75, 3.05) is 20.1 Å². The van der Waals surface area contributed by atoms with E-state index in [-0.39, 0.29) is 12.1 Å². The summed E-state index contributed by atoms with van der Waals surface area (Å²) in [4.78, 5) is 19.2. The minimum atomic E-state index is -0.338. The second-order valence-corrected chi connectivity index (χ2v) is 7.64. The average molecular weight is 405 g/mol. The Morgan fingerprint density at radius 3 is 2.56 bits per heavy atom. The normalized spacial score (nSPS) is 16.0. The van der Waals surface area contributed by atoms with Crippen LogP contribution in [-0.4, -0.2) is 42.1 Å². The molecule has 0 atom stereocenters. The number of esters is 1. The molecule has 140 valence electrons. The predicted octanol–water partition coefficient (Wildman–Crippen LogP) is 5.05. The first kappa shape index (κ1) is 18.3. The first-order valence-electron chi connectivity index (χ1n) is 8.74. The van der Waals surface area contributed by atoms with Crippen molar-refractivity contribution in [3.8, 4) is 11.5 Å². The van der Waals surface area contributed by atoms with Gasteiger partial charge in [-0.25, -0.2) is 9.78 Å². The summed E-state index contributed by atoms with van der Waals surface area (Å²) >= 11 is 12.1. The molecule has 1 aromatic heterocycles. The fourth-order valence-corrected chi connectivity index (χ4v) is 3.70. The van der Waals surface area contributed by atoms with Gasteiger partial charge in [-0.3, -0.25) is 0 Å². The molecule has 2 aromatic carbocycles. The highest BCUT2D eigenvalue weighted by atomic mass is 35.5. The number of hydrogen-bond acceptors (Lipinski definition) is 5. The number of nitrogens with zero attached hydrogens (tertiary/aromatic N) is 2. The number of oxazole rings is 1. The molecule has 0 saturated carbocycles. The quantitative estimate of drug-likeness (QED) is 0.571. The average Bonchev–Trinajstić information content (AvgIpc) is 3.06. The van der Waals surface area contributed by atoms with Crippen molar-refractivity contribution in [3.63, 3.8) is 0 Å². The summed E-state index contributed by atoms with van der Waals surface area (Å²) in [6.07, 6.45) is 1.67. The molecule has 1 aliphatic rings. The van der Waals surface area contributed by atoms with Gasteiger partial charge >= 0.3 is 5.97 Å². The Morgan fingerprint density at radius 1 is 1.15 bits per heavy atom. The number of carbonyl (C=O) groups excluding carboxylic acids is 1. The zero-order valence-electron chi connectivity index (χ0n) is 14.7. The second-order valence-electron chi connectivity index (χ2n) is 6.77. The van der Waals surface area contributed by atoms with Crippen LogP contribution in [-0.2, 0) is 4.74 Å². The maximum Gasteiger partial charge on any atom is 0.338 e. The summed E-state index contributed by atoms with van der Waals surface area (Å²) < 4.78 is 11.5. The Morgan fingerprint density at radius 2 is 1.85 bits per heavy atom. The van der Waals surface area contributed by atoms with Crippen molar-refractivity contribution in [1.29, 1.82) is 0 Å². The van der Waals surface area contributed by atoms with Gasteiger partial charge in [-0.05, 0) is 56.3 Å². The summed E-state index contributed by atoms with van der Waals surface area (Å²) in [5, 5.41) is 1.00. The fourth-order valence-electron chi connectivity index (χ4n) is 3.17. The van der Waals surface area contributed by atoms with Gasteiger partial charge in [0.2, 0.25) is 5.89 Å². The van der Waals surface area contributed by atoms with Crippen molar-refractivity contribution in [1.82, 2.24) is 9.88 Å². The van der Waals surface area contributed by atoms with Crippen molar-refractivity contribution in [2.45, 2.75) is 18.9 Å². The van der Waals surface area contributed by atoms with E-state index in [1.54, 1.807) is 36.4 Å². The number of aromatic nitrogens is 1. The molecule has 1 aliphatic heterocycles. The summed E-state index contributed by atoms with van der Waals surface area (Å²) in [7, 11) is 2.07. The zero-order valence-corrected chi connectivity index (χ0v) is 16.3. The number of hydrogen-bond donors (Lipinski definition) is 0. The standard InChI is InChI=1S/C20H18Cl2N2O3/c1-24-6-4-16(5-7-24)26-20(25)12-2-3-17-18(10-12)27-19(23-17)13-8-14(21)11-15(22)9-13/h2-3,8-11,16H,4-7H2,1H3. The summed E-state index contributed by atoms with van der Waals surface area (Å²) in [6, 6.07) is 10.2. The van der Waals surface area contributed by atoms with Gasteiger partial charge in [0.1, 0.15) is 11.6 Å². The Bertz CT molecular complexity index is 974.